The quantitative estimate of drug-likeness (QED) is 0.732. The van der Waals surface area contributed by atoms with Crippen LogP contribution in [0.4, 0.5) is 0 Å². The summed E-state index contributed by atoms with van der Waals surface area (Å²) in [5.74, 6) is 1.21. The van der Waals surface area contributed by atoms with Crippen molar-refractivity contribution in [1.82, 2.24) is 15.5 Å². The lowest BCUT2D eigenvalue weighted by Crippen LogP contribution is -2.49. The Hall–Kier alpha value is -2.38. The number of carbonyl (C=O) groups is 2. The minimum atomic E-state index is -0.433. The van der Waals surface area contributed by atoms with Crippen LogP contribution in [0.15, 0.2) is 30.5 Å². The van der Waals surface area contributed by atoms with E-state index < -0.39 is 6.04 Å². The second-order valence-electron chi connectivity index (χ2n) is 9.26. The molecule has 2 amide bonds. The van der Waals surface area contributed by atoms with Gasteiger partial charge in [0.2, 0.25) is 5.91 Å². The van der Waals surface area contributed by atoms with E-state index in [9.17, 15) is 9.59 Å². The molecule has 5 rings (SSSR count). The second kappa shape index (κ2) is 8.63. The van der Waals surface area contributed by atoms with Gasteiger partial charge >= 0.3 is 0 Å². The van der Waals surface area contributed by atoms with Crippen LogP contribution >= 0.6 is 0 Å². The molecule has 2 N–H and O–H groups in total. The van der Waals surface area contributed by atoms with Crippen LogP contribution in [-0.4, -0.2) is 54.7 Å². The van der Waals surface area contributed by atoms with Gasteiger partial charge in [0.25, 0.3) is 5.91 Å². The monoisotopic (exact) mass is 425 g/mol. The molecule has 1 unspecified atom stereocenters. The molecular weight excluding hydrogens is 394 g/mol. The van der Waals surface area contributed by atoms with Crippen LogP contribution in [0.3, 0.4) is 0 Å². The summed E-state index contributed by atoms with van der Waals surface area (Å²) in [6.07, 6.45) is 6.01. The fourth-order valence-corrected chi connectivity index (χ4v) is 5.07. The Morgan fingerprint density at radius 1 is 1.19 bits per heavy atom. The first-order chi connectivity index (χ1) is 15.1. The molecule has 1 aliphatic carbocycles. The molecule has 1 saturated carbocycles. The van der Waals surface area contributed by atoms with Gasteiger partial charge in [0.15, 0.2) is 0 Å². The van der Waals surface area contributed by atoms with Gasteiger partial charge < -0.3 is 25.0 Å². The number of rotatable bonds is 6. The highest BCUT2D eigenvalue weighted by molar-refractivity contribution is 6.01. The van der Waals surface area contributed by atoms with Crippen LogP contribution in [0.1, 0.15) is 54.4 Å². The first-order valence-corrected chi connectivity index (χ1v) is 11.5. The molecule has 7 nitrogen and oxygen atoms in total. The maximum absolute atomic E-state index is 12.9. The van der Waals surface area contributed by atoms with Crippen molar-refractivity contribution < 1.29 is 19.1 Å². The van der Waals surface area contributed by atoms with Crippen LogP contribution in [0, 0.1) is 5.92 Å². The zero-order chi connectivity index (χ0) is 21.4. The lowest BCUT2D eigenvalue weighted by Gasteiger charge is -2.35. The zero-order valence-electron chi connectivity index (χ0n) is 17.9. The largest absolute Gasteiger partial charge is 0.489 e. The van der Waals surface area contributed by atoms with Crippen LogP contribution in [0.5, 0.6) is 5.75 Å². The van der Waals surface area contributed by atoms with E-state index in [4.69, 9.17) is 9.47 Å². The van der Waals surface area contributed by atoms with Crippen molar-refractivity contribution >= 4 is 11.8 Å². The van der Waals surface area contributed by atoms with E-state index in [-0.39, 0.29) is 17.9 Å². The van der Waals surface area contributed by atoms with Crippen LogP contribution < -0.4 is 15.4 Å². The zero-order valence-corrected chi connectivity index (χ0v) is 17.9. The first-order valence-electron chi connectivity index (χ1n) is 11.5. The molecule has 2 saturated heterocycles. The second-order valence-corrected chi connectivity index (χ2v) is 9.26. The molecule has 31 heavy (non-hydrogen) atoms. The Morgan fingerprint density at radius 3 is 2.81 bits per heavy atom. The van der Waals surface area contributed by atoms with Crippen LogP contribution in [0.25, 0.3) is 0 Å². The number of carbonyl (C=O) groups excluding carboxylic acids is 2. The third-order valence-electron chi connectivity index (χ3n) is 6.97. The average Bonchev–Trinajstić information content (AvgIpc) is 3.04. The Morgan fingerprint density at radius 2 is 2.03 bits per heavy atom. The van der Waals surface area contributed by atoms with E-state index in [1.807, 2.05) is 18.2 Å². The molecule has 0 spiro atoms. The van der Waals surface area contributed by atoms with E-state index in [1.165, 1.54) is 12.8 Å². The number of allylic oxidation sites excluding steroid dienone is 1. The molecule has 0 aromatic heterocycles. The van der Waals surface area contributed by atoms with Crippen molar-refractivity contribution in [2.45, 2.75) is 63.3 Å². The number of fused-ring (bicyclic) bond motifs is 1. The first kappa shape index (κ1) is 20.5. The van der Waals surface area contributed by atoms with Crippen molar-refractivity contribution in [3.8, 4) is 5.75 Å². The Kier molecular flexibility index (Phi) is 5.71. The number of nitrogens with one attached hydrogen (secondary N) is 2. The molecule has 3 fully saturated rings. The topological polar surface area (TPSA) is 79.9 Å². The number of piperidine rings is 1. The van der Waals surface area contributed by atoms with Crippen LogP contribution in [0.2, 0.25) is 0 Å². The van der Waals surface area contributed by atoms with Gasteiger partial charge in [-0.2, -0.15) is 0 Å². The molecule has 3 atom stereocenters. The number of ether oxygens (including phenoxy) is 2. The van der Waals surface area contributed by atoms with Gasteiger partial charge in [-0.3, -0.25) is 9.59 Å². The normalized spacial score (nSPS) is 28.8. The van der Waals surface area contributed by atoms with E-state index in [0.29, 0.717) is 36.9 Å². The smallest absolute Gasteiger partial charge is 0.255 e. The molecular formula is C24H31N3O4. The summed E-state index contributed by atoms with van der Waals surface area (Å²) >= 11 is 0. The van der Waals surface area contributed by atoms with Gasteiger partial charge in [0, 0.05) is 36.3 Å². The fourth-order valence-electron chi connectivity index (χ4n) is 5.07. The summed E-state index contributed by atoms with van der Waals surface area (Å²) in [6, 6.07) is 5.65. The molecule has 3 aliphatic heterocycles. The molecule has 1 aromatic rings. The number of hydrogen-bond acceptors (Lipinski definition) is 5. The van der Waals surface area contributed by atoms with Crippen molar-refractivity contribution in [1.29, 1.82) is 0 Å². The van der Waals surface area contributed by atoms with Gasteiger partial charge in [0.1, 0.15) is 17.9 Å². The molecule has 4 aliphatic rings. The standard InChI is InChI=1S/C24H31N3O4/c1-15-6-9-21(23(28)26-15)27-12-17-10-18(7-8-19(17)24(27)29)31-22-5-3-2-4-20(22)25-11-16-13-30-14-16/h7-8,10,16,20-22,25H,1-6,9,11-14H2,(H,26,28)/t20-,21?,22-/m0/s1. The van der Waals surface area contributed by atoms with E-state index in [0.717, 1.165) is 49.6 Å². The minimum Gasteiger partial charge on any atom is -0.489 e. The van der Waals surface area contributed by atoms with Crippen molar-refractivity contribution in [3.63, 3.8) is 0 Å². The van der Waals surface area contributed by atoms with Crippen molar-refractivity contribution in [2.75, 3.05) is 19.8 Å². The number of amides is 2. The summed E-state index contributed by atoms with van der Waals surface area (Å²) in [4.78, 5) is 27.0. The summed E-state index contributed by atoms with van der Waals surface area (Å²) < 4.78 is 11.7. The maximum Gasteiger partial charge on any atom is 0.255 e. The van der Waals surface area contributed by atoms with Crippen LogP contribution in [-0.2, 0) is 16.1 Å². The molecule has 3 heterocycles. The minimum absolute atomic E-state index is 0.0749. The summed E-state index contributed by atoms with van der Waals surface area (Å²) in [7, 11) is 0. The van der Waals surface area contributed by atoms with E-state index in [1.54, 1.807) is 4.90 Å². The molecule has 1 aromatic carbocycles. The van der Waals surface area contributed by atoms with Gasteiger partial charge in [-0.05, 0) is 55.9 Å². The molecule has 7 heteroatoms. The van der Waals surface area contributed by atoms with E-state index in [2.05, 4.69) is 17.2 Å². The SMILES string of the molecule is C=C1CCC(N2Cc3cc(O[C@H]4CCCC[C@@H]4NCC4COC4)ccc3C2=O)C(=O)N1. The predicted octanol–water partition coefficient (Wildman–Crippen LogP) is 2.36. The molecule has 166 valence electrons. The number of hydrogen-bond donors (Lipinski definition) is 2. The highest BCUT2D eigenvalue weighted by Gasteiger charge is 2.38. The van der Waals surface area contributed by atoms with E-state index >= 15 is 0 Å². The Balaban J connectivity index is 1.25. The lowest BCUT2D eigenvalue weighted by molar-refractivity contribution is -0.126. The third-order valence-corrected chi connectivity index (χ3v) is 6.97. The maximum atomic E-state index is 12.9. The Bertz CT molecular complexity index is 882. The highest BCUT2D eigenvalue weighted by Crippen LogP contribution is 2.32. The number of nitrogens with zero attached hydrogens (tertiary/aromatic N) is 1. The molecule has 0 bridgehead atoms. The summed E-state index contributed by atoms with van der Waals surface area (Å²) in [5, 5.41) is 6.48. The van der Waals surface area contributed by atoms with Gasteiger partial charge in [-0.25, -0.2) is 0 Å². The Labute approximate surface area is 183 Å². The van der Waals surface area contributed by atoms with Crippen molar-refractivity contribution in [3.05, 3.63) is 41.6 Å². The fraction of sp³-hybridized carbons (Fsp3) is 0.583. The lowest BCUT2D eigenvalue weighted by atomic mass is 9.91. The van der Waals surface area contributed by atoms with Gasteiger partial charge in [0.05, 0.1) is 13.2 Å². The highest BCUT2D eigenvalue weighted by atomic mass is 16.5. The molecule has 0 radical (unpaired) electrons. The third kappa shape index (κ3) is 4.21. The number of benzene rings is 1. The van der Waals surface area contributed by atoms with Gasteiger partial charge in [-0.15, -0.1) is 0 Å². The summed E-state index contributed by atoms with van der Waals surface area (Å²) in [5.41, 5.74) is 2.33. The van der Waals surface area contributed by atoms with Crippen molar-refractivity contribution in [2.24, 2.45) is 5.92 Å². The summed E-state index contributed by atoms with van der Waals surface area (Å²) in [6.45, 7) is 6.96. The van der Waals surface area contributed by atoms with Gasteiger partial charge in [-0.1, -0.05) is 13.0 Å². The predicted molar refractivity (Wildman–Crippen MR) is 116 cm³/mol. The average molecular weight is 426 g/mol.